The van der Waals surface area contributed by atoms with Gasteiger partial charge in [-0.15, -0.1) is 0 Å². The van der Waals surface area contributed by atoms with Crippen LogP contribution in [-0.2, 0) is 4.43 Å². The second-order valence-electron chi connectivity index (χ2n) is 5.03. The van der Waals surface area contributed by atoms with E-state index in [0.717, 1.165) is 0 Å². The van der Waals surface area contributed by atoms with Crippen LogP contribution >= 0.6 is 0 Å². The summed E-state index contributed by atoms with van der Waals surface area (Å²) in [7, 11) is 1.12. The Bertz CT molecular complexity index is 105. The molecule has 0 N–H and O–H groups in total. The molecule has 0 bridgehead atoms. The fourth-order valence-corrected chi connectivity index (χ4v) is 5.21. The lowest BCUT2D eigenvalue weighted by atomic mass is 10.2. The zero-order chi connectivity index (χ0) is 9.28. The second-order valence-corrected chi connectivity index (χ2v) is 9.10. The van der Waals surface area contributed by atoms with Crippen molar-refractivity contribution in [1.29, 1.82) is 0 Å². The quantitative estimate of drug-likeness (QED) is 0.553. The Morgan fingerprint density at radius 3 is 1.09 bits per heavy atom. The minimum Gasteiger partial charge on any atom is -0.419 e. The standard InChI is InChI=1S/C9H21OSi/c1-8(2,3)11(10-7)9(4,5)6/h1-7H3. The monoisotopic (exact) mass is 173 g/mol. The fourth-order valence-electron chi connectivity index (χ4n) is 1.74. The first-order chi connectivity index (χ1) is 4.69. The van der Waals surface area contributed by atoms with Gasteiger partial charge in [-0.3, -0.25) is 0 Å². The number of rotatable bonds is 1. The van der Waals surface area contributed by atoms with Gasteiger partial charge in [-0.2, -0.15) is 0 Å². The Morgan fingerprint density at radius 1 is 0.818 bits per heavy atom. The van der Waals surface area contributed by atoms with Gasteiger partial charge < -0.3 is 4.43 Å². The normalized spacial score (nSPS) is 14.2. The molecule has 0 aromatic carbocycles. The summed E-state index contributed by atoms with van der Waals surface area (Å²) in [6, 6.07) is 0. The minimum absolute atomic E-state index is 0.331. The van der Waals surface area contributed by atoms with Crippen LogP contribution in [0, 0.1) is 0 Å². The highest BCUT2D eigenvalue weighted by atomic mass is 28.3. The van der Waals surface area contributed by atoms with Crippen LogP contribution in [0.25, 0.3) is 0 Å². The van der Waals surface area contributed by atoms with Gasteiger partial charge in [-0.05, 0) is 10.1 Å². The summed E-state index contributed by atoms with van der Waals surface area (Å²) >= 11 is 0. The third-order valence-corrected chi connectivity index (χ3v) is 4.70. The van der Waals surface area contributed by atoms with Crippen molar-refractivity contribution in [3.05, 3.63) is 0 Å². The topological polar surface area (TPSA) is 9.23 Å². The molecule has 0 atom stereocenters. The van der Waals surface area contributed by atoms with Gasteiger partial charge in [-0.25, -0.2) is 0 Å². The number of hydrogen-bond donors (Lipinski definition) is 0. The first-order valence-electron chi connectivity index (χ1n) is 4.11. The lowest BCUT2D eigenvalue weighted by Gasteiger charge is -2.36. The van der Waals surface area contributed by atoms with Crippen molar-refractivity contribution < 1.29 is 4.43 Å². The van der Waals surface area contributed by atoms with E-state index < -0.39 is 9.04 Å². The fraction of sp³-hybridized carbons (Fsp3) is 1.00. The van der Waals surface area contributed by atoms with Crippen LogP contribution in [0.15, 0.2) is 0 Å². The summed E-state index contributed by atoms with van der Waals surface area (Å²) in [5.74, 6) is 0. The molecule has 0 fully saturated rings. The summed E-state index contributed by atoms with van der Waals surface area (Å²) in [5, 5.41) is 0.662. The van der Waals surface area contributed by atoms with Crippen LogP contribution in [-0.4, -0.2) is 16.2 Å². The van der Waals surface area contributed by atoms with E-state index in [2.05, 4.69) is 41.5 Å². The maximum atomic E-state index is 5.58. The van der Waals surface area contributed by atoms with Crippen LogP contribution in [0.2, 0.25) is 10.1 Å². The molecule has 0 saturated heterocycles. The lowest BCUT2D eigenvalue weighted by molar-refractivity contribution is 0.360. The van der Waals surface area contributed by atoms with Crippen LogP contribution in [0.1, 0.15) is 41.5 Å². The van der Waals surface area contributed by atoms with Gasteiger partial charge >= 0.3 is 0 Å². The zero-order valence-electron chi connectivity index (χ0n) is 8.91. The van der Waals surface area contributed by atoms with Crippen molar-refractivity contribution in [1.82, 2.24) is 0 Å². The third kappa shape index (κ3) is 3.39. The van der Waals surface area contributed by atoms with Crippen molar-refractivity contribution in [2.75, 3.05) is 7.11 Å². The first kappa shape index (κ1) is 11.2. The summed E-state index contributed by atoms with van der Waals surface area (Å²) in [4.78, 5) is 0. The first-order valence-corrected chi connectivity index (χ1v) is 5.52. The van der Waals surface area contributed by atoms with Gasteiger partial charge in [-0.1, -0.05) is 41.5 Å². The molecule has 0 aromatic heterocycles. The van der Waals surface area contributed by atoms with E-state index in [1.807, 2.05) is 7.11 Å². The molecule has 1 radical (unpaired) electrons. The Kier molecular flexibility index (Phi) is 3.33. The van der Waals surface area contributed by atoms with Gasteiger partial charge in [0.15, 0.2) is 0 Å². The van der Waals surface area contributed by atoms with E-state index in [-0.39, 0.29) is 0 Å². The Hall–Kier alpha value is 0.177. The molecule has 0 aromatic rings. The lowest BCUT2D eigenvalue weighted by Crippen LogP contribution is -2.37. The molecule has 1 nitrogen and oxygen atoms in total. The molecule has 11 heavy (non-hydrogen) atoms. The van der Waals surface area contributed by atoms with Crippen LogP contribution < -0.4 is 0 Å². The molecule has 0 spiro atoms. The molecule has 0 heterocycles. The average Bonchev–Trinajstić information content (AvgIpc) is 1.56. The zero-order valence-corrected chi connectivity index (χ0v) is 9.91. The van der Waals surface area contributed by atoms with Crippen molar-refractivity contribution in [2.45, 2.75) is 51.6 Å². The van der Waals surface area contributed by atoms with Gasteiger partial charge in [0.2, 0.25) is 9.04 Å². The second kappa shape index (κ2) is 3.28. The van der Waals surface area contributed by atoms with Crippen LogP contribution in [0.3, 0.4) is 0 Å². The highest BCUT2D eigenvalue weighted by Gasteiger charge is 2.38. The van der Waals surface area contributed by atoms with E-state index in [4.69, 9.17) is 4.43 Å². The largest absolute Gasteiger partial charge is 0.419 e. The van der Waals surface area contributed by atoms with E-state index in [9.17, 15) is 0 Å². The molecule has 0 unspecified atom stereocenters. The predicted octanol–water partition coefficient (Wildman–Crippen LogP) is 3.22. The van der Waals surface area contributed by atoms with Crippen molar-refractivity contribution in [3.63, 3.8) is 0 Å². The van der Waals surface area contributed by atoms with Gasteiger partial charge in [0.1, 0.15) is 0 Å². The molecule has 0 saturated carbocycles. The highest BCUT2D eigenvalue weighted by Crippen LogP contribution is 2.41. The summed E-state index contributed by atoms with van der Waals surface area (Å²) in [5.41, 5.74) is 0. The van der Waals surface area contributed by atoms with Gasteiger partial charge in [0, 0.05) is 7.11 Å². The van der Waals surface area contributed by atoms with E-state index in [1.54, 1.807) is 0 Å². The average molecular weight is 173 g/mol. The third-order valence-electron chi connectivity index (χ3n) is 1.57. The Labute approximate surface area is 72.9 Å². The van der Waals surface area contributed by atoms with Gasteiger partial charge in [0.25, 0.3) is 0 Å². The molecular formula is C9H21OSi. The molecule has 67 valence electrons. The van der Waals surface area contributed by atoms with Crippen molar-refractivity contribution >= 4 is 9.04 Å². The number of hydrogen-bond acceptors (Lipinski definition) is 1. The summed E-state index contributed by atoms with van der Waals surface area (Å²) < 4.78 is 5.58. The molecular weight excluding hydrogens is 152 g/mol. The maximum Gasteiger partial charge on any atom is 0.222 e. The summed E-state index contributed by atoms with van der Waals surface area (Å²) in [6.45, 7) is 13.6. The van der Waals surface area contributed by atoms with Crippen LogP contribution in [0.4, 0.5) is 0 Å². The molecule has 0 aliphatic rings. The Balaban J connectivity index is 4.43. The Morgan fingerprint density at radius 2 is 1.09 bits per heavy atom. The van der Waals surface area contributed by atoms with E-state index >= 15 is 0 Å². The summed E-state index contributed by atoms with van der Waals surface area (Å²) in [6.07, 6.45) is 0. The van der Waals surface area contributed by atoms with Crippen LogP contribution in [0.5, 0.6) is 0 Å². The minimum atomic E-state index is -0.715. The molecule has 0 amide bonds. The van der Waals surface area contributed by atoms with Crippen molar-refractivity contribution in [3.8, 4) is 0 Å². The van der Waals surface area contributed by atoms with E-state index in [1.165, 1.54) is 0 Å². The SMILES string of the molecule is CO[Si](C(C)(C)C)C(C)(C)C. The van der Waals surface area contributed by atoms with Gasteiger partial charge in [0.05, 0.1) is 0 Å². The molecule has 2 heteroatoms. The predicted molar refractivity (Wildman–Crippen MR) is 52.2 cm³/mol. The smallest absolute Gasteiger partial charge is 0.222 e. The van der Waals surface area contributed by atoms with E-state index in [0.29, 0.717) is 10.1 Å². The molecule has 0 rings (SSSR count). The highest BCUT2D eigenvalue weighted by molar-refractivity contribution is 6.58. The molecule has 0 aliphatic carbocycles. The van der Waals surface area contributed by atoms with Crippen molar-refractivity contribution in [2.24, 2.45) is 0 Å². The molecule has 0 aliphatic heterocycles. The maximum absolute atomic E-state index is 5.58.